The van der Waals surface area contributed by atoms with Crippen LogP contribution in [-0.2, 0) is 0 Å². The molecule has 0 unspecified atom stereocenters. The fourth-order valence-corrected chi connectivity index (χ4v) is 2.24. The van der Waals surface area contributed by atoms with Gasteiger partial charge in [0.25, 0.3) is 0 Å². The molecule has 0 saturated heterocycles. The SMILES string of the molecule is C=C/C=C(\C=C/C)c1nc(NC(N)=NC)nc2ccc(Cl)cc12. The molecule has 6 heteroatoms. The normalized spacial score (nSPS) is 12.8. The fourth-order valence-electron chi connectivity index (χ4n) is 2.07. The molecular formula is C17H18ClN5. The van der Waals surface area contributed by atoms with Gasteiger partial charge in [-0.2, -0.15) is 0 Å². The summed E-state index contributed by atoms with van der Waals surface area (Å²) in [4.78, 5) is 12.9. The van der Waals surface area contributed by atoms with Gasteiger partial charge in [-0.3, -0.25) is 10.3 Å². The zero-order valence-corrected chi connectivity index (χ0v) is 13.8. The van der Waals surface area contributed by atoms with Gasteiger partial charge in [0.1, 0.15) is 0 Å². The minimum atomic E-state index is 0.240. The van der Waals surface area contributed by atoms with Crippen molar-refractivity contribution < 1.29 is 0 Å². The largest absolute Gasteiger partial charge is 0.370 e. The molecule has 2 rings (SSSR count). The van der Waals surface area contributed by atoms with Crippen molar-refractivity contribution in [1.29, 1.82) is 0 Å². The summed E-state index contributed by atoms with van der Waals surface area (Å²) < 4.78 is 0. The van der Waals surface area contributed by atoms with Gasteiger partial charge in [-0.05, 0) is 25.1 Å². The van der Waals surface area contributed by atoms with E-state index in [0.717, 1.165) is 22.2 Å². The molecule has 0 amide bonds. The van der Waals surface area contributed by atoms with Crippen LogP contribution in [0.25, 0.3) is 16.5 Å². The number of nitrogens with two attached hydrogens (primary N) is 1. The summed E-state index contributed by atoms with van der Waals surface area (Å²) in [6.45, 7) is 5.69. The third-order valence-corrected chi connectivity index (χ3v) is 3.29. The Morgan fingerprint density at radius 3 is 2.83 bits per heavy atom. The van der Waals surface area contributed by atoms with E-state index in [9.17, 15) is 0 Å². The highest BCUT2D eigenvalue weighted by Gasteiger charge is 2.11. The number of aliphatic imine (C=N–C) groups is 1. The van der Waals surface area contributed by atoms with Gasteiger partial charge >= 0.3 is 0 Å². The highest BCUT2D eigenvalue weighted by molar-refractivity contribution is 6.31. The predicted molar refractivity (Wildman–Crippen MR) is 98.7 cm³/mol. The lowest BCUT2D eigenvalue weighted by atomic mass is 10.1. The van der Waals surface area contributed by atoms with Crippen molar-refractivity contribution in [3.05, 3.63) is 59.8 Å². The fraction of sp³-hybridized carbons (Fsp3) is 0.118. The van der Waals surface area contributed by atoms with Gasteiger partial charge in [0.05, 0.1) is 11.2 Å². The van der Waals surface area contributed by atoms with Crippen molar-refractivity contribution in [2.75, 3.05) is 12.4 Å². The Balaban J connectivity index is 2.74. The van der Waals surface area contributed by atoms with E-state index in [4.69, 9.17) is 17.3 Å². The number of anilines is 1. The molecule has 118 valence electrons. The number of guanidine groups is 1. The van der Waals surface area contributed by atoms with Crippen LogP contribution in [0.5, 0.6) is 0 Å². The summed E-state index contributed by atoms with van der Waals surface area (Å²) in [5.41, 5.74) is 8.10. The first-order valence-corrected chi connectivity index (χ1v) is 7.39. The van der Waals surface area contributed by atoms with E-state index < -0.39 is 0 Å². The number of hydrogen-bond donors (Lipinski definition) is 2. The molecule has 1 aromatic heterocycles. The smallest absolute Gasteiger partial charge is 0.230 e. The number of allylic oxidation sites excluding steroid dienone is 5. The number of nitrogens with zero attached hydrogens (tertiary/aromatic N) is 3. The second-order valence-corrected chi connectivity index (χ2v) is 5.09. The number of benzene rings is 1. The average molecular weight is 328 g/mol. The van der Waals surface area contributed by atoms with Crippen LogP contribution >= 0.6 is 11.6 Å². The first-order valence-electron chi connectivity index (χ1n) is 7.01. The molecule has 0 saturated carbocycles. The highest BCUT2D eigenvalue weighted by Crippen LogP contribution is 2.27. The molecule has 2 aromatic rings. The minimum Gasteiger partial charge on any atom is -0.370 e. The van der Waals surface area contributed by atoms with Crippen molar-refractivity contribution in [1.82, 2.24) is 9.97 Å². The van der Waals surface area contributed by atoms with E-state index >= 15 is 0 Å². The van der Waals surface area contributed by atoms with E-state index in [-0.39, 0.29) is 5.96 Å². The molecule has 0 radical (unpaired) electrons. The van der Waals surface area contributed by atoms with Gasteiger partial charge in [0.15, 0.2) is 5.96 Å². The standard InChI is InChI=1S/C17H18ClN5/c1-4-6-11(7-5-2)15-13-10-12(18)8-9-14(13)21-17(22-15)23-16(19)20-3/h4-10H,1H2,2-3H3,(H3,19,20,21,22,23)/b7-5-,11-6+. The monoisotopic (exact) mass is 327 g/mol. The van der Waals surface area contributed by atoms with Crippen LogP contribution in [-0.4, -0.2) is 23.0 Å². The first kappa shape index (κ1) is 16.7. The van der Waals surface area contributed by atoms with Crippen LogP contribution in [0.2, 0.25) is 5.02 Å². The van der Waals surface area contributed by atoms with E-state index in [1.807, 2.05) is 37.3 Å². The number of fused-ring (bicyclic) bond motifs is 1. The zero-order valence-electron chi connectivity index (χ0n) is 13.0. The van der Waals surface area contributed by atoms with Crippen LogP contribution in [0.15, 0.2) is 54.1 Å². The summed E-state index contributed by atoms with van der Waals surface area (Å²) in [6, 6.07) is 5.47. The molecule has 23 heavy (non-hydrogen) atoms. The maximum atomic E-state index is 6.13. The maximum absolute atomic E-state index is 6.13. The van der Waals surface area contributed by atoms with Crippen LogP contribution < -0.4 is 11.1 Å². The Morgan fingerprint density at radius 2 is 2.17 bits per heavy atom. The van der Waals surface area contributed by atoms with Crippen LogP contribution in [0.1, 0.15) is 12.6 Å². The van der Waals surface area contributed by atoms with Crippen molar-refractivity contribution in [2.45, 2.75) is 6.92 Å². The third kappa shape index (κ3) is 3.96. The Bertz CT molecular complexity index is 821. The molecule has 1 heterocycles. The van der Waals surface area contributed by atoms with Crippen LogP contribution in [0.4, 0.5) is 5.95 Å². The predicted octanol–water partition coefficient (Wildman–Crippen LogP) is 3.79. The minimum absolute atomic E-state index is 0.240. The van der Waals surface area contributed by atoms with E-state index in [1.165, 1.54) is 0 Å². The van der Waals surface area contributed by atoms with Crippen molar-refractivity contribution in [2.24, 2.45) is 10.7 Å². The van der Waals surface area contributed by atoms with Gasteiger partial charge in [-0.1, -0.05) is 42.5 Å². The van der Waals surface area contributed by atoms with E-state index in [0.29, 0.717) is 11.0 Å². The quantitative estimate of drug-likeness (QED) is 0.509. The molecule has 0 atom stereocenters. The molecule has 5 nitrogen and oxygen atoms in total. The Hall–Kier alpha value is -2.66. The number of nitrogens with one attached hydrogen (secondary N) is 1. The highest BCUT2D eigenvalue weighted by atomic mass is 35.5. The molecule has 0 aliphatic heterocycles. The van der Waals surface area contributed by atoms with Gasteiger partial charge < -0.3 is 5.73 Å². The summed E-state index contributed by atoms with van der Waals surface area (Å²) >= 11 is 6.13. The lowest BCUT2D eigenvalue weighted by molar-refractivity contribution is 1.19. The zero-order chi connectivity index (χ0) is 16.8. The molecular weight excluding hydrogens is 310 g/mol. The van der Waals surface area contributed by atoms with Gasteiger partial charge in [-0.25, -0.2) is 9.97 Å². The molecule has 1 aromatic carbocycles. The lowest BCUT2D eigenvalue weighted by Crippen LogP contribution is -2.23. The molecule has 3 N–H and O–H groups in total. The van der Waals surface area contributed by atoms with Crippen molar-refractivity contribution >= 4 is 40.0 Å². The Morgan fingerprint density at radius 1 is 1.39 bits per heavy atom. The van der Waals surface area contributed by atoms with Crippen LogP contribution in [0, 0.1) is 0 Å². The molecule has 0 fully saturated rings. The summed E-state index contributed by atoms with van der Waals surface area (Å²) in [6.07, 6.45) is 7.47. The van der Waals surface area contributed by atoms with E-state index in [2.05, 4.69) is 26.9 Å². The van der Waals surface area contributed by atoms with Crippen molar-refractivity contribution in [3.8, 4) is 0 Å². The second kappa shape index (κ2) is 7.56. The summed E-state index contributed by atoms with van der Waals surface area (Å²) in [7, 11) is 1.59. The van der Waals surface area contributed by atoms with E-state index in [1.54, 1.807) is 19.2 Å². The Kier molecular flexibility index (Phi) is 5.49. The number of aromatic nitrogens is 2. The van der Waals surface area contributed by atoms with Crippen LogP contribution in [0.3, 0.4) is 0 Å². The molecule has 0 aliphatic carbocycles. The van der Waals surface area contributed by atoms with Gasteiger partial charge in [0, 0.05) is 23.0 Å². The lowest BCUT2D eigenvalue weighted by Gasteiger charge is -2.10. The molecule has 0 bridgehead atoms. The molecule has 0 aliphatic rings. The second-order valence-electron chi connectivity index (χ2n) is 4.65. The van der Waals surface area contributed by atoms with Gasteiger partial charge in [0.2, 0.25) is 5.95 Å². The molecule has 0 spiro atoms. The number of rotatable bonds is 4. The number of halogens is 1. The maximum Gasteiger partial charge on any atom is 0.230 e. The summed E-state index contributed by atoms with van der Waals surface area (Å²) in [5.74, 6) is 0.613. The van der Waals surface area contributed by atoms with Gasteiger partial charge in [-0.15, -0.1) is 0 Å². The average Bonchev–Trinajstić information content (AvgIpc) is 2.54. The topological polar surface area (TPSA) is 76.2 Å². The van der Waals surface area contributed by atoms with Crippen molar-refractivity contribution in [3.63, 3.8) is 0 Å². The Labute approximate surface area is 140 Å². The summed E-state index contributed by atoms with van der Waals surface area (Å²) in [5, 5.41) is 4.34. The number of hydrogen-bond acceptors (Lipinski definition) is 3. The third-order valence-electron chi connectivity index (χ3n) is 3.06. The first-order chi connectivity index (χ1) is 11.1.